The normalized spacial score (nSPS) is 48.1. The molecule has 3 fully saturated rings. The molecule has 3 rings (SSSR count). The second-order valence-electron chi connectivity index (χ2n) is 8.44. The molecule has 20 heavy (non-hydrogen) atoms. The molecule has 0 saturated heterocycles. The van der Waals surface area contributed by atoms with Crippen LogP contribution in [0.4, 0.5) is 0 Å². The van der Waals surface area contributed by atoms with Crippen molar-refractivity contribution >= 4 is 0 Å². The van der Waals surface area contributed by atoms with Gasteiger partial charge in [0, 0.05) is 19.0 Å². The molecule has 0 radical (unpaired) electrons. The molecule has 2 nitrogen and oxygen atoms in total. The Bertz CT molecular complexity index is 319. The van der Waals surface area contributed by atoms with Gasteiger partial charge in [0.15, 0.2) is 0 Å². The predicted molar refractivity (Wildman–Crippen MR) is 83.5 cm³/mol. The molecule has 116 valence electrons. The van der Waals surface area contributed by atoms with Crippen LogP contribution in [0, 0.1) is 35.5 Å². The first kappa shape index (κ1) is 14.8. The largest absolute Gasteiger partial charge is 0.393 e. The molecule has 2 heteroatoms. The molecular weight excluding hydrogens is 246 g/mol. The fourth-order valence-corrected chi connectivity index (χ4v) is 5.61. The summed E-state index contributed by atoms with van der Waals surface area (Å²) in [7, 11) is 2.28. The van der Waals surface area contributed by atoms with Gasteiger partial charge in [-0.2, -0.15) is 0 Å². The van der Waals surface area contributed by atoms with Gasteiger partial charge in [-0.05, 0) is 68.7 Å². The third kappa shape index (κ3) is 3.06. The minimum atomic E-state index is -0.0729. The lowest BCUT2D eigenvalue weighted by Crippen LogP contribution is -2.43. The van der Waals surface area contributed by atoms with Crippen molar-refractivity contribution in [3.05, 3.63) is 0 Å². The number of hydrogen-bond acceptors (Lipinski definition) is 2. The van der Waals surface area contributed by atoms with E-state index < -0.39 is 0 Å². The van der Waals surface area contributed by atoms with Crippen LogP contribution in [0.2, 0.25) is 0 Å². The summed E-state index contributed by atoms with van der Waals surface area (Å²) >= 11 is 0. The van der Waals surface area contributed by atoms with Crippen molar-refractivity contribution in [2.24, 2.45) is 35.5 Å². The monoisotopic (exact) mass is 279 g/mol. The molecule has 2 bridgehead atoms. The lowest BCUT2D eigenvalue weighted by molar-refractivity contribution is -0.00122. The summed E-state index contributed by atoms with van der Waals surface area (Å²) < 4.78 is 0. The van der Waals surface area contributed by atoms with Crippen LogP contribution in [0.3, 0.4) is 0 Å². The van der Waals surface area contributed by atoms with E-state index in [2.05, 4.69) is 25.8 Å². The maximum Gasteiger partial charge on any atom is 0.0585 e. The Morgan fingerprint density at radius 2 is 1.80 bits per heavy atom. The van der Waals surface area contributed by atoms with E-state index in [9.17, 15) is 5.11 Å². The van der Waals surface area contributed by atoms with E-state index in [1.165, 1.54) is 38.6 Å². The first-order valence-corrected chi connectivity index (χ1v) is 8.89. The van der Waals surface area contributed by atoms with Gasteiger partial charge in [-0.1, -0.05) is 20.3 Å². The molecule has 1 N–H and O–H groups in total. The zero-order valence-corrected chi connectivity index (χ0v) is 13.6. The van der Waals surface area contributed by atoms with Crippen LogP contribution < -0.4 is 0 Å². The lowest BCUT2D eigenvalue weighted by atomic mass is 9.73. The van der Waals surface area contributed by atoms with E-state index in [0.29, 0.717) is 17.8 Å². The summed E-state index contributed by atoms with van der Waals surface area (Å²) in [6, 6.07) is 0. The molecule has 7 atom stereocenters. The molecule has 0 aliphatic heterocycles. The first-order chi connectivity index (χ1) is 9.52. The smallest absolute Gasteiger partial charge is 0.0585 e. The molecule has 3 aliphatic rings. The van der Waals surface area contributed by atoms with Crippen LogP contribution in [-0.2, 0) is 0 Å². The van der Waals surface area contributed by atoms with Crippen molar-refractivity contribution in [2.45, 2.75) is 58.5 Å². The van der Waals surface area contributed by atoms with Gasteiger partial charge in [-0.15, -0.1) is 0 Å². The molecule has 3 saturated carbocycles. The Hall–Kier alpha value is -0.0800. The molecule has 3 aliphatic carbocycles. The van der Waals surface area contributed by atoms with Crippen molar-refractivity contribution in [1.29, 1.82) is 0 Å². The van der Waals surface area contributed by atoms with Crippen LogP contribution in [0.5, 0.6) is 0 Å². The number of nitrogens with zero attached hydrogens (tertiary/aromatic N) is 1. The van der Waals surface area contributed by atoms with Gasteiger partial charge in [0.2, 0.25) is 0 Å². The Morgan fingerprint density at radius 1 is 1.00 bits per heavy atom. The highest BCUT2D eigenvalue weighted by Gasteiger charge is 2.40. The van der Waals surface area contributed by atoms with Crippen LogP contribution >= 0.6 is 0 Å². The Morgan fingerprint density at radius 3 is 2.40 bits per heavy atom. The van der Waals surface area contributed by atoms with E-state index >= 15 is 0 Å². The number of fused-ring (bicyclic) bond motifs is 2. The van der Waals surface area contributed by atoms with Gasteiger partial charge in [0.05, 0.1) is 6.10 Å². The zero-order chi connectivity index (χ0) is 14.3. The number of rotatable bonds is 4. The summed E-state index contributed by atoms with van der Waals surface area (Å²) in [4.78, 5) is 2.53. The molecule has 0 heterocycles. The maximum absolute atomic E-state index is 10.4. The van der Waals surface area contributed by atoms with Crippen molar-refractivity contribution in [2.75, 3.05) is 20.1 Å². The van der Waals surface area contributed by atoms with Crippen LogP contribution in [-0.4, -0.2) is 36.2 Å². The summed E-state index contributed by atoms with van der Waals surface area (Å²) in [6.07, 6.45) is 8.22. The van der Waals surface area contributed by atoms with Crippen molar-refractivity contribution in [1.82, 2.24) is 4.90 Å². The summed E-state index contributed by atoms with van der Waals surface area (Å²) in [6.45, 7) is 7.00. The molecule has 0 spiro atoms. The number of hydrogen-bond donors (Lipinski definition) is 1. The van der Waals surface area contributed by atoms with Crippen molar-refractivity contribution in [3.8, 4) is 0 Å². The fraction of sp³-hybridized carbons (Fsp3) is 1.00. The summed E-state index contributed by atoms with van der Waals surface area (Å²) in [5, 5.41) is 10.4. The summed E-state index contributed by atoms with van der Waals surface area (Å²) in [5.41, 5.74) is 0. The number of aliphatic hydroxyl groups is 1. The topological polar surface area (TPSA) is 23.5 Å². The van der Waals surface area contributed by atoms with Gasteiger partial charge in [0.1, 0.15) is 0 Å². The van der Waals surface area contributed by atoms with E-state index in [1.54, 1.807) is 0 Å². The van der Waals surface area contributed by atoms with Crippen LogP contribution in [0.15, 0.2) is 0 Å². The third-order valence-corrected chi connectivity index (χ3v) is 6.60. The average Bonchev–Trinajstić information content (AvgIpc) is 2.95. The minimum Gasteiger partial charge on any atom is -0.393 e. The number of aliphatic hydroxyl groups excluding tert-OH is 1. The minimum absolute atomic E-state index is 0.0729. The molecule has 7 unspecified atom stereocenters. The molecule has 0 amide bonds. The fourth-order valence-electron chi connectivity index (χ4n) is 5.61. The molecule has 0 aromatic heterocycles. The van der Waals surface area contributed by atoms with Gasteiger partial charge >= 0.3 is 0 Å². The lowest BCUT2D eigenvalue weighted by Gasteiger charge is -2.39. The van der Waals surface area contributed by atoms with Gasteiger partial charge < -0.3 is 10.0 Å². The van der Waals surface area contributed by atoms with E-state index in [4.69, 9.17) is 0 Å². The highest BCUT2D eigenvalue weighted by Crippen LogP contribution is 2.48. The van der Waals surface area contributed by atoms with Crippen LogP contribution in [0.1, 0.15) is 52.4 Å². The van der Waals surface area contributed by atoms with Crippen molar-refractivity contribution in [3.63, 3.8) is 0 Å². The van der Waals surface area contributed by atoms with E-state index in [0.717, 1.165) is 30.7 Å². The quantitative estimate of drug-likeness (QED) is 0.852. The second-order valence-corrected chi connectivity index (χ2v) is 8.44. The van der Waals surface area contributed by atoms with Crippen molar-refractivity contribution < 1.29 is 5.11 Å². The second kappa shape index (κ2) is 5.96. The highest BCUT2D eigenvalue weighted by atomic mass is 16.3. The zero-order valence-electron chi connectivity index (χ0n) is 13.6. The maximum atomic E-state index is 10.4. The first-order valence-electron chi connectivity index (χ1n) is 8.89. The average molecular weight is 279 g/mol. The van der Waals surface area contributed by atoms with E-state index in [-0.39, 0.29) is 6.10 Å². The highest BCUT2D eigenvalue weighted by molar-refractivity contribution is 4.92. The molecular formula is C18H33NO. The SMILES string of the molecule is CC1CC(C)C(CN(C)CC2CC3CCC2C3)C(O)C1. The predicted octanol–water partition coefficient (Wildman–Crippen LogP) is 3.40. The Kier molecular flexibility index (Phi) is 4.42. The van der Waals surface area contributed by atoms with Gasteiger partial charge in [-0.25, -0.2) is 0 Å². The Balaban J connectivity index is 1.49. The molecule has 0 aromatic rings. The third-order valence-electron chi connectivity index (χ3n) is 6.60. The summed E-state index contributed by atoms with van der Waals surface area (Å²) in [5.74, 6) is 4.90. The van der Waals surface area contributed by atoms with Crippen LogP contribution in [0.25, 0.3) is 0 Å². The Labute approximate surface area is 124 Å². The molecule has 0 aromatic carbocycles. The standard InChI is InChI=1S/C18H33NO/c1-12-6-13(2)17(18(20)7-12)11-19(3)10-16-9-14-4-5-15(16)8-14/h12-18,20H,4-11H2,1-3H3. The van der Waals surface area contributed by atoms with Gasteiger partial charge in [-0.3, -0.25) is 0 Å². The van der Waals surface area contributed by atoms with Gasteiger partial charge in [0.25, 0.3) is 0 Å². The van der Waals surface area contributed by atoms with E-state index in [1.807, 2.05) is 0 Å².